The lowest BCUT2D eigenvalue weighted by molar-refractivity contribution is 0.0944. The summed E-state index contributed by atoms with van der Waals surface area (Å²) in [6.45, 7) is 5.53. The van der Waals surface area contributed by atoms with Crippen molar-refractivity contribution in [3.05, 3.63) is 24.0 Å². The van der Waals surface area contributed by atoms with Crippen LogP contribution in [0.4, 0.5) is 4.39 Å². The van der Waals surface area contributed by atoms with Gasteiger partial charge in [-0.2, -0.15) is 0 Å². The van der Waals surface area contributed by atoms with Crippen molar-refractivity contribution in [3.8, 4) is 0 Å². The van der Waals surface area contributed by atoms with Gasteiger partial charge in [-0.1, -0.05) is 6.08 Å². The largest absolute Gasteiger partial charge is 0.477 e. The molecule has 6 heteroatoms. The van der Waals surface area contributed by atoms with Crippen LogP contribution in [-0.4, -0.2) is 50.0 Å². The van der Waals surface area contributed by atoms with Gasteiger partial charge in [-0.25, -0.2) is 14.8 Å². The Morgan fingerprint density at radius 2 is 2.37 bits per heavy atom. The van der Waals surface area contributed by atoms with Crippen molar-refractivity contribution in [2.75, 3.05) is 39.6 Å². The Hall–Kier alpha value is -0.620. The van der Waals surface area contributed by atoms with Crippen molar-refractivity contribution < 1.29 is 9.13 Å². The number of alkyl halides is 2. The molecule has 0 radical (unpaired) electrons. The summed E-state index contributed by atoms with van der Waals surface area (Å²) in [7, 11) is 0. The number of allylic oxidation sites excluding steroid dienone is 3. The van der Waals surface area contributed by atoms with Crippen LogP contribution in [0.5, 0.6) is 0 Å². The molecule has 0 aromatic carbocycles. The van der Waals surface area contributed by atoms with Crippen LogP contribution in [0, 0.1) is 0 Å². The van der Waals surface area contributed by atoms with Crippen LogP contribution >= 0.6 is 11.6 Å². The summed E-state index contributed by atoms with van der Waals surface area (Å²) in [5.41, 5.74) is 3.18. The van der Waals surface area contributed by atoms with Crippen LogP contribution in [0.2, 0.25) is 0 Å². The molecule has 0 unspecified atom stereocenters. The van der Waals surface area contributed by atoms with E-state index in [1.165, 1.54) is 6.08 Å². The number of hydrogen-bond donors (Lipinski definition) is 2. The molecule has 0 saturated carbocycles. The molecule has 1 atom stereocenters. The second-order valence-electron chi connectivity index (χ2n) is 4.33. The number of nitrogens with one attached hydrogen (secondary N) is 2. The molecule has 1 heterocycles. The van der Waals surface area contributed by atoms with Gasteiger partial charge < -0.3 is 10.1 Å². The molecular weight excluding hydrogens is 269 g/mol. The first-order valence-electron chi connectivity index (χ1n) is 6.62. The lowest BCUT2D eigenvalue weighted by Crippen LogP contribution is -2.41. The lowest BCUT2D eigenvalue weighted by Gasteiger charge is -2.21. The Balaban J connectivity index is 2.29. The van der Waals surface area contributed by atoms with Gasteiger partial charge >= 0.3 is 0 Å². The Labute approximate surface area is 119 Å². The third kappa shape index (κ3) is 8.21. The summed E-state index contributed by atoms with van der Waals surface area (Å²) in [5.74, 6) is 0.496. The molecule has 1 aliphatic rings. The van der Waals surface area contributed by atoms with Crippen LogP contribution in [0.3, 0.4) is 0 Å². The van der Waals surface area contributed by atoms with E-state index in [1.807, 2.05) is 6.92 Å². The highest BCUT2D eigenvalue weighted by Gasteiger charge is 2.07. The molecule has 0 amide bonds. The van der Waals surface area contributed by atoms with Crippen molar-refractivity contribution >= 4 is 11.6 Å². The minimum atomic E-state index is -0.552. The molecule has 1 rings (SSSR count). The predicted octanol–water partition coefficient (Wildman–Crippen LogP) is 1.80. The van der Waals surface area contributed by atoms with Gasteiger partial charge in [0.25, 0.3) is 0 Å². The van der Waals surface area contributed by atoms with E-state index in [2.05, 4.69) is 15.8 Å². The minimum absolute atomic E-state index is 0.101. The molecule has 0 aromatic heterocycles. The Kier molecular flexibility index (Phi) is 8.82. The third-order valence-electron chi connectivity index (χ3n) is 2.67. The van der Waals surface area contributed by atoms with E-state index in [0.29, 0.717) is 12.5 Å². The number of halogens is 2. The zero-order valence-corrected chi connectivity index (χ0v) is 12.1. The monoisotopic (exact) mass is 291 g/mol. The van der Waals surface area contributed by atoms with E-state index in [9.17, 15) is 4.39 Å². The Bertz CT molecular complexity index is 290. The van der Waals surface area contributed by atoms with Gasteiger partial charge in [-0.3, -0.25) is 0 Å². The molecule has 0 aromatic rings. The van der Waals surface area contributed by atoms with Gasteiger partial charge in [0.05, 0.1) is 0 Å². The highest BCUT2D eigenvalue weighted by atomic mass is 35.5. The fraction of sp³-hybridized carbons (Fsp3) is 0.692. The van der Waals surface area contributed by atoms with Crippen LogP contribution in [0.15, 0.2) is 24.0 Å². The van der Waals surface area contributed by atoms with Crippen molar-refractivity contribution in [2.24, 2.45) is 0 Å². The summed E-state index contributed by atoms with van der Waals surface area (Å²) in [4.78, 5) is 0. The van der Waals surface area contributed by atoms with Gasteiger partial charge in [0.2, 0.25) is 0 Å². The van der Waals surface area contributed by atoms with E-state index < -0.39 is 6.67 Å². The summed E-state index contributed by atoms with van der Waals surface area (Å²) in [6.07, 6.45) is 5.95. The standard InChI is InChI=1S/C13H23ClFN3O/c1-12(14)3-4-13(5-6-15)19-11-17-18-9-2-7-16-8-10-18/h3-5,12,16-17H,2,6-11H2,1H3/b4-3-,13-5+/t12-/m1/s1. The first-order valence-corrected chi connectivity index (χ1v) is 7.06. The summed E-state index contributed by atoms with van der Waals surface area (Å²) in [6, 6.07) is 0. The van der Waals surface area contributed by atoms with Crippen LogP contribution in [0.25, 0.3) is 0 Å². The van der Waals surface area contributed by atoms with Crippen molar-refractivity contribution in [1.82, 2.24) is 15.8 Å². The fourth-order valence-electron chi connectivity index (χ4n) is 1.69. The number of hydrogen-bond acceptors (Lipinski definition) is 4. The molecule has 110 valence electrons. The molecule has 1 saturated heterocycles. The van der Waals surface area contributed by atoms with Crippen LogP contribution < -0.4 is 10.7 Å². The number of hydrazine groups is 1. The molecule has 1 aliphatic heterocycles. The quantitative estimate of drug-likeness (QED) is 0.325. The summed E-state index contributed by atoms with van der Waals surface area (Å²) >= 11 is 5.80. The van der Waals surface area contributed by atoms with E-state index in [0.717, 1.165) is 32.6 Å². The molecule has 2 N–H and O–H groups in total. The molecule has 0 aliphatic carbocycles. The van der Waals surface area contributed by atoms with E-state index in [-0.39, 0.29) is 5.38 Å². The van der Waals surface area contributed by atoms with Crippen molar-refractivity contribution in [3.63, 3.8) is 0 Å². The first-order chi connectivity index (χ1) is 9.22. The van der Waals surface area contributed by atoms with Gasteiger partial charge in [0.15, 0.2) is 6.73 Å². The Morgan fingerprint density at radius 1 is 1.53 bits per heavy atom. The molecule has 0 bridgehead atoms. The van der Waals surface area contributed by atoms with Crippen LogP contribution in [-0.2, 0) is 4.74 Å². The van der Waals surface area contributed by atoms with E-state index >= 15 is 0 Å². The van der Waals surface area contributed by atoms with Gasteiger partial charge in [0.1, 0.15) is 12.4 Å². The summed E-state index contributed by atoms with van der Waals surface area (Å²) < 4.78 is 17.8. The van der Waals surface area contributed by atoms with Crippen molar-refractivity contribution in [1.29, 1.82) is 0 Å². The Morgan fingerprint density at radius 3 is 3.11 bits per heavy atom. The minimum Gasteiger partial charge on any atom is -0.477 e. The fourth-order valence-corrected chi connectivity index (χ4v) is 1.76. The molecule has 4 nitrogen and oxygen atoms in total. The van der Waals surface area contributed by atoms with Crippen LogP contribution in [0.1, 0.15) is 13.3 Å². The number of ether oxygens (including phenoxy) is 1. The average Bonchev–Trinajstić information content (AvgIpc) is 2.64. The number of nitrogens with zero attached hydrogens (tertiary/aromatic N) is 1. The second kappa shape index (κ2) is 10.2. The zero-order chi connectivity index (χ0) is 13.9. The molecule has 0 spiro atoms. The average molecular weight is 292 g/mol. The first kappa shape index (κ1) is 16.4. The number of rotatable bonds is 7. The maximum absolute atomic E-state index is 12.3. The maximum Gasteiger partial charge on any atom is 0.151 e. The highest BCUT2D eigenvalue weighted by molar-refractivity contribution is 6.21. The molecule has 1 fully saturated rings. The van der Waals surface area contributed by atoms with E-state index in [4.69, 9.17) is 16.3 Å². The molecule has 19 heavy (non-hydrogen) atoms. The third-order valence-corrected chi connectivity index (χ3v) is 2.82. The molecular formula is C13H23ClFN3O. The smallest absolute Gasteiger partial charge is 0.151 e. The van der Waals surface area contributed by atoms with E-state index in [1.54, 1.807) is 12.2 Å². The van der Waals surface area contributed by atoms with Gasteiger partial charge in [-0.15, -0.1) is 11.6 Å². The topological polar surface area (TPSA) is 36.5 Å². The summed E-state index contributed by atoms with van der Waals surface area (Å²) in [5, 5.41) is 5.33. The van der Waals surface area contributed by atoms with Gasteiger partial charge in [-0.05, 0) is 32.0 Å². The second-order valence-corrected chi connectivity index (χ2v) is 5.02. The predicted molar refractivity (Wildman–Crippen MR) is 76.7 cm³/mol. The van der Waals surface area contributed by atoms with Crippen molar-refractivity contribution in [2.45, 2.75) is 18.7 Å². The lowest BCUT2D eigenvalue weighted by atomic mass is 10.3. The van der Waals surface area contributed by atoms with Gasteiger partial charge in [0, 0.05) is 25.0 Å². The highest BCUT2D eigenvalue weighted by Crippen LogP contribution is 2.03. The zero-order valence-electron chi connectivity index (χ0n) is 11.4. The maximum atomic E-state index is 12.3. The SMILES string of the molecule is C[C@@H](Cl)/C=C\C(=C/CF)OCNN1CCCNCC1. The normalized spacial score (nSPS) is 20.5.